The van der Waals surface area contributed by atoms with Crippen molar-refractivity contribution >= 4 is 66.0 Å². The summed E-state index contributed by atoms with van der Waals surface area (Å²) in [6.45, 7) is 0. The van der Waals surface area contributed by atoms with E-state index in [0.717, 1.165) is 26.3 Å². The first kappa shape index (κ1) is 20.3. The van der Waals surface area contributed by atoms with Gasteiger partial charge in [0.15, 0.2) is 5.11 Å². The van der Waals surface area contributed by atoms with E-state index in [1.807, 2.05) is 36.4 Å². The number of anilines is 2. The molecule has 3 aromatic rings. The number of hydrogen-bond donors (Lipinski definition) is 2. The van der Waals surface area contributed by atoms with Crippen LogP contribution in [0.1, 0.15) is 22.7 Å². The van der Waals surface area contributed by atoms with Gasteiger partial charge in [0.1, 0.15) is 0 Å². The van der Waals surface area contributed by atoms with Crippen LogP contribution >= 0.6 is 39.5 Å². The lowest BCUT2D eigenvalue weighted by Crippen LogP contribution is -2.29. The Morgan fingerprint density at radius 1 is 1.17 bits per heavy atom. The van der Waals surface area contributed by atoms with Crippen molar-refractivity contribution in [3.05, 3.63) is 75.2 Å². The summed E-state index contributed by atoms with van der Waals surface area (Å²) in [7, 11) is -3.33. The number of benzene rings is 1. The normalized spacial score (nSPS) is 19.2. The highest BCUT2D eigenvalue weighted by Crippen LogP contribution is 2.44. The van der Waals surface area contributed by atoms with E-state index in [2.05, 4.69) is 41.9 Å². The predicted octanol–water partition coefficient (Wildman–Crippen LogP) is 4.45. The molecule has 0 saturated carbocycles. The number of pyridine rings is 1. The number of thiocarbonyl (C=S) groups is 1. The first-order valence-corrected chi connectivity index (χ1v) is 12.6. The maximum Gasteiger partial charge on any atom is 0.229 e. The highest BCUT2D eigenvalue weighted by atomic mass is 79.9. The summed E-state index contributed by atoms with van der Waals surface area (Å²) >= 11 is 10.9. The van der Waals surface area contributed by atoms with Crippen LogP contribution in [0.3, 0.4) is 0 Å². The zero-order chi connectivity index (χ0) is 20.6. The summed E-state index contributed by atoms with van der Waals surface area (Å²) in [5.74, 6) is 0. The van der Waals surface area contributed by atoms with Crippen LogP contribution in [0, 0.1) is 0 Å². The van der Waals surface area contributed by atoms with E-state index in [-0.39, 0.29) is 12.1 Å². The fraction of sp³-hybridized carbons (Fsp3) is 0.158. The minimum atomic E-state index is -3.33. The zero-order valence-corrected chi connectivity index (χ0v) is 19.3. The molecule has 10 heteroatoms. The van der Waals surface area contributed by atoms with Gasteiger partial charge in [0.05, 0.1) is 27.8 Å². The minimum Gasteiger partial charge on any atom is -0.351 e. The second-order valence-corrected chi connectivity index (χ2v) is 11.2. The van der Waals surface area contributed by atoms with Crippen molar-refractivity contribution in [2.75, 3.05) is 15.9 Å². The average Bonchev–Trinajstić information content (AvgIpc) is 3.25. The van der Waals surface area contributed by atoms with Crippen LogP contribution < -0.4 is 14.9 Å². The van der Waals surface area contributed by atoms with Crippen molar-refractivity contribution in [1.29, 1.82) is 0 Å². The van der Waals surface area contributed by atoms with E-state index in [9.17, 15) is 8.42 Å². The molecule has 2 N–H and O–H groups in total. The lowest BCUT2D eigenvalue weighted by molar-refractivity contribution is 0.575. The molecule has 1 aromatic carbocycles. The van der Waals surface area contributed by atoms with Gasteiger partial charge in [0.25, 0.3) is 0 Å². The van der Waals surface area contributed by atoms with Gasteiger partial charge in [-0.25, -0.2) is 8.42 Å². The van der Waals surface area contributed by atoms with E-state index in [1.165, 1.54) is 0 Å². The summed E-state index contributed by atoms with van der Waals surface area (Å²) in [4.78, 5) is 7.72. The Balaban J connectivity index is 1.73. The van der Waals surface area contributed by atoms with Crippen molar-refractivity contribution in [1.82, 2.24) is 10.3 Å². The summed E-state index contributed by atoms with van der Waals surface area (Å²) < 4.78 is 26.5. The number of sulfonamides is 1. The molecule has 0 bridgehead atoms. The Kier molecular flexibility index (Phi) is 5.60. The van der Waals surface area contributed by atoms with Crippen molar-refractivity contribution in [3.8, 4) is 0 Å². The molecule has 0 spiro atoms. The molecule has 4 rings (SSSR count). The molecule has 2 aromatic heterocycles. The monoisotopic (exact) mass is 508 g/mol. The number of thiophene rings is 1. The standard InChI is InChI=1S/C19H17BrN4O2S3/c1-29(25,26)23-12-5-7-13(8-6-12)24-18(15-9-10-16(20)28-15)17(22-19(24)27)14-4-2-3-11-21-14/h2-11,17-18,23H,1H3,(H,22,27)/t17-,18+/m1/s1. The Morgan fingerprint density at radius 3 is 2.52 bits per heavy atom. The molecule has 3 heterocycles. The van der Waals surface area contributed by atoms with Crippen LogP contribution in [-0.4, -0.2) is 24.8 Å². The molecule has 29 heavy (non-hydrogen) atoms. The summed E-state index contributed by atoms with van der Waals surface area (Å²) in [6.07, 6.45) is 2.90. The Hall–Kier alpha value is -2.01. The van der Waals surface area contributed by atoms with Gasteiger partial charge >= 0.3 is 0 Å². The molecule has 1 aliphatic heterocycles. The highest BCUT2D eigenvalue weighted by Gasteiger charge is 2.41. The van der Waals surface area contributed by atoms with E-state index in [4.69, 9.17) is 12.2 Å². The van der Waals surface area contributed by atoms with Crippen molar-refractivity contribution < 1.29 is 8.42 Å². The second-order valence-electron chi connectivity index (χ2n) is 6.56. The van der Waals surface area contributed by atoms with Crippen LogP contribution in [0.15, 0.2) is 64.6 Å². The van der Waals surface area contributed by atoms with E-state index >= 15 is 0 Å². The molecule has 0 amide bonds. The van der Waals surface area contributed by atoms with Gasteiger partial charge in [-0.3, -0.25) is 9.71 Å². The van der Waals surface area contributed by atoms with Crippen molar-refractivity contribution in [3.63, 3.8) is 0 Å². The van der Waals surface area contributed by atoms with Gasteiger partial charge in [-0.15, -0.1) is 11.3 Å². The van der Waals surface area contributed by atoms with E-state index in [1.54, 1.807) is 29.7 Å². The SMILES string of the molecule is CS(=O)(=O)Nc1ccc(N2C(=S)N[C@H](c3ccccn3)[C@@H]2c2ccc(Br)s2)cc1. The topological polar surface area (TPSA) is 74.3 Å². The molecule has 0 unspecified atom stereocenters. The molecular weight excluding hydrogens is 492 g/mol. The van der Waals surface area contributed by atoms with Crippen LogP contribution in [0.2, 0.25) is 0 Å². The summed E-state index contributed by atoms with van der Waals surface area (Å²) in [5, 5.41) is 4.00. The largest absolute Gasteiger partial charge is 0.351 e. The van der Waals surface area contributed by atoms with Crippen LogP contribution in [-0.2, 0) is 10.0 Å². The molecule has 0 radical (unpaired) electrons. The lowest BCUT2D eigenvalue weighted by Gasteiger charge is -2.27. The van der Waals surface area contributed by atoms with E-state index < -0.39 is 10.0 Å². The molecule has 2 atom stereocenters. The van der Waals surface area contributed by atoms with Gasteiger partial charge in [-0.2, -0.15) is 0 Å². The number of hydrogen-bond acceptors (Lipinski definition) is 5. The predicted molar refractivity (Wildman–Crippen MR) is 125 cm³/mol. The number of nitrogens with zero attached hydrogens (tertiary/aromatic N) is 2. The average molecular weight is 509 g/mol. The third-order valence-corrected chi connectivity index (χ3v) is 7.05. The Labute approximate surface area is 187 Å². The third-order valence-electron chi connectivity index (χ3n) is 4.43. The Bertz CT molecular complexity index is 1130. The molecule has 150 valence electrons. The molecule has 6 nitrogen and oxygen atoms in total. The number of aromatic nitrogens is 1. The first-order chi connectivity index (χ1) is 13.8. The molecular formula is C19H17BrN4O2S3. The number of halogens is 1. The molecule has 1 aliphatic rings. The fourth-order valence-corrected chi connectivity index (χ4v) is 5.78. The summed E-state index contributed by atoms with van der Waals surface area (Å²) in [6, 6.07) is 16.9. The van der Waals surface area contributed by atoms with E-state index in [0.29, 0.717) is 10.8 Å². The van der Waals surface area contributed by atoms with Gasteiger partial charge in [-0.05, 0) is 76.7 Å². The summed E-state index contributed by atoms with van der Waals surface area (Å²) in [5.41, 5.74) is 2.28. The van der Waals surface area contributed by atoms with Crippen LogP contribution in [0.25, 0.3) is 0 Å². The smallest absolute Gasteiger partial charge is 0.229 e. The molecule has 0 aliphatic carbocycles. The quantitative estimate of drug-likeness (QED) is 0.495. The molecule has 1 fully saturated rings. The van der Waals surface area contributed by atoms with Crippen molar-refractivity contribution in [2.24, 2.45) is 0 Å². The van der Waals surface area contributed by atoms with Gasteiger partial charge in [0.2, 0.25) is 10.0 Å². The van der Waals surface area contributed by atoms with Gasteiger partial charge < -0.3 is 10.2 Å². The maximum atomic E-state index is 11.5. The molecule has 1 saturated heterocycles. The number of nitrogens with one attached hydrogen (secondary N) is 2. The van der Waals surface area contributed by atoms with Crippen molar-refractivity contribution in [2.45, 2.75) is 12.1 Å². The zero-order valence-electron chi connectivity index (χ0n) is 15.2. The van der Waals surface area contributed by atoms with Crippen LogP contribution in [0.5, 0.6) is 0 Å². The lowest BCUT2D eigenvalue weighted by atomic mass is 10.0. The third kappa shape index (κ3) is 4.45. The van der Waals surface area contributed by atoms with Gasteiger partial charge in [-0.1, -0.05) is 6.07 Å². The Morgan fingerprint density at radius 2 is 1.93 bits per heavy atom. The maximum absolute atomic E-state index is 11.5. The van der Waals surface area contributed by atoms with Crippen LogP contribution in [0.4, 0.5) is 11.4 Å². The first-order valence-electron chi connectivity index (χ1n) is 8.65. The highest BCUT2D eigenvalue weighted by molar-refractivity contribution is 9.11. The minimum absolute atomic E-state index is 0.0811. The second kappa shape index (κ2) is 8.02. The van der Waals surface area contributed by atoms with Gasteiger partial charge in [0, 0.05) is 22.4 Å². The number of rotatable bonds is 5. The fourth-order valence-electron chi connectivity index (χ4n) is 3.31.